The molecule has 0 saturated carbocycles. The van der Waals surface area contributed by atoms with Crippen LogP contribution in [-0.4, -0.2) is 30.4 Å². The van der Waals surface area contributed by atoms with Crippen LogP contribution in [0.4, 0.5) is 18.9 Å². The van der Waals surface area contributed by atoms with Gasteiger partial charge in [-0.2, -0.15) is 13.2 Å². The van der Waals surface area contributed by atoms with Crippen molar-refractivity contribution in [1.29, 1.82) is 0 Å². The lowest BCUT2D eigenvalue weighted by atomic mass is 10.3. The summed E-state index contributed by atoms with van der Waals surface area (Å²) < 4.78 is 39.1. The molecule has 0 aliphatic heterocycles. The third-order valence-electron chi connectivity index (χ3n) is 3.25. The summed E-state index contributed by atoms with van der Waals surface area (Å²) in [5.74, 6) is -0.287. The van der Waals surface area contributed by atoms with E-state index in [0.717, 1.165) is 18.3 Å². The second-order valence-electron chi connectivity index (χ2n) is 5.04. The zero-order valence-corrected chi connectivity index (χ0v) is 12.8. The maximum atomic E-state index is 12.5. The van der Waals surface area contributed by atoms with E-state index in [9.17, 15) is 18.0 Å². The van der Waals surface area contributed by atoms with E-state index in [-0.39, 0.29) is 11.4 Å². The zero-order valence-electron chi connectivity index (χ0n) is 12.8. The van der Waals surface area contributed by atoms with E-state index in [0.29, 0.717) is 11.5 Å². The fraction of sp³-hybridized carbons (Fsp3) is 0.133. The Labute approximate surface area is 139 Å². The smallest absolute Gasteiger partial charge is 0.331 e. The normalized spacial score (nSPS) is 11.4. The van der Waals surface area contributed by atoms with Crippen LogP contribution in [-0.2, 0) is 13.2 Å². The standard InChI is InChI=1S/C15H11F3N6O/c1-24-8-19-7-11(24)13-20-5-4-10(23-13)14(25)22-9-2-3-12(21-6-9)15(16,17)18/h2-8H,1H3,(H,22,25). The molecule has 7 nitrogen and oxygen atoms in total. The molecule has 0 radical (unpaired) electrons. The quantitative estimate of drug-likeness (QED) is 0.786. The SMILES string of the molecule is Cn1cncc1-c1nccc(C(=O)Nc2ccc(C(F)(F)F)nc2)n1. The molecular formula is C15H11F3N6O. The molecule has 0 saturated heterocycles. The molecule has 128 valence electrons. The Balaban J connectivity index is 1.79. The number of aromatic nitrogens is 5. The number of pyridine rings is 1. The van der Waals surface area contributed by atoms with Crippen molar-refractivity contribution in [2.24, 2.45) is 7.05 Å². The molecule has 25 heavy (non-hydrogen) atoms. The molecular weight excluding hydrogens is 337 g/mol. The summed E-state index contributed by atoms with van der Waals surface area (Å²) in [4.78, 5) is 27.7. The van der Waals surface area contributed by atoms with E-state index < -0.39 is 17.8 Å². The van der Waals surface area contributed by atoms with Gasteiger partial charge in [0, 0.05) is 13.2 Å². The summed E-state index contributed by atoms with van der Waals surface area (Å²) in [7, 11) is 1.76. The van der Waals surface area contributed by atoms with E-state index >= 15 is 0 Å². The second-order valence-corrected chi connectivity index (χ2v) is 5.04. The molecule has 0 spiro atoms. The number of nitrogens with zero attached hydrogens (tertiary/aromatic N) is 5. The number of carbonyl (C=O) groups is 1. The van der Waals surface area contributed by atoms with Crippen molar-refractivity contribution in [3.63, 3.8) is 0 Å². The van der Waals surface area contributed by atoms with Gasteiger partial charge in [-0.15, -0.1) is 0 Å². The van der Waals surface area contributed by atoms with Crippen LogP contribution >= 0.6 is 0 Å². The average molecular weight is 348 g/mol. The topological polar surface area (TPSA) is 85.6 Å². The summed E-state index contributed by atoms with van der Waals surface area (Å²) in [6.07, 6.45) is 0.933. The highest BCUT2D eigenvalue weighted by molar-refractivity contribution is 6.02. The molecule has 0 aliphatic rings. The number of rotatable bonds is 3. The largest absolute Gasteiger partial charge is 0.433 e. The first kappa shape index (κ1) is 16.6. The minimum atomic E-state index is -4.53. The van der Waals surface area contributed by atoms with Crippen molar-refractivity contribution in [2.75, 3.05) is 5.32 Å². The second kappa shape index (κ2) is 6.30. The Morgan fingerprint density at radius 1 is 1.16 bits per heavy atom. The van der Waals surface area contributed by atoms with E-state index in [1.165, 1.54) is 12.3 Å². The molecule has 0 aliphatic carbocycles. The van der Waals surface area contributed by atoms with E-state index in [1.807, 2.05) is 0 Å². The first-order chi connectivity index (χ1) is 11.8. The summed E-state index contributed by atoms with van der Waals surface area (Å²) in [6.45, 7) is 0. The molecule has 10 heteroatoms. The van der Waals surface area contributed by atoms with Gasteiger partial charge in [0.2, 0.25) is 0 Å². The molecule has 0 fully saturated rings. The lowest BCUT2D eigenvalue weighted by Crippen LogP contribution is -2.15. The van der Waals surface area contributed by atoms with E-state index in [1.54, 1.807) is 24.1 Å². The third kappa shape index (κ3) is 3.62. The number of anilines is 1. The molecule has 3 aromatic heterocycles. The molecule has 3 heterocycles. The molecule has 0 atom stereocenters. The first-order valence-corrected chi connectivity index (χ1v) is 6.99. The Morgan fingerprint density at radius 2 is 1.96 bits per heavy atom. The first-order valence-electron chi connectivity index (χ1n) is 6.99. The fourth-order valence-electron chi connectivity index (χ4n) is 2.01. The Morgan fingerprint density at radius 3 is 2.56 bits per heavy atom. The van der Waals surface area contributed by atoms with Gasteiger partial charge >= 0.3 is 6.18 Å². The Bertz CT molecular complexity index is 904. The highest BCUT2D eigenvalue weighted by Gasteiger charge is 2.32. The summed E-state index contributed by atoms with van der Waals surface area (Å²) in [5.41, 5.74) is -0.235. The van der Waals surface area contributed by atoms with E-state index in [2.05, 4.69) is 25.3 Å². The summed E-state index contributed by atoms with van der Waals surface area (Å²) >= 11 is 0. The van der Waals surface area contributed by atoms with Gasteiger partial charge in [0.25, 0.3) is 5.91 Å². The lowest BCUT2D eigenvalue weighted by molar-refractivity contribution is -0.141. The zero-order chi connectivity index (χ0) is 18.0. The average Bonchev–Trinajstić information content (AvgIpc) is 3.01. The highest BCUT2D eigenvalue weighted by Crippen LogP contribution is 2.27. The maximum absolute atomic E-state index is 12.5. The molecule has 3 rings (SSSR count). The maximum Gasteiger partial charge on any atom is 0.433 e. The van der Waals surface area contributed by atoms with Gasteiger partial charge in [0.15, 0.2) is 5.82 Å². The third-order valence-corrected chi connectivity index (χ3v) is 3.25. The van der Waals surface area contributed by atoms with Crippen molar-refractivity contribution >= 4 is 11.6 Å². The fourth-order valence-corrected chi connectivity index (χ4v) is 2.01. The minimum Gasteiger partial charge on any atom is -0.331 e. The summed E-state index contributed by atoms with van der Waals surface area (Å²) in [6, 6.07) is 3.31. The van der Waals surface area contributed by atoms with Crippen LogP contribution in [0, 0.1) is 0 Å². The van der Waals surface area contributed by atoms with Crippen LogP contribution in [0.25, 0.3) is 11.5 Å². The minimum absolute atomic E-state index is 0.0612. The van der Waals surface area contributed by atoms with Crippen molar-refractivity contribution < 1.29 is 18.0 Å². The van der Waals surface area contributed by atoms with Gasteiger partial charge in [-0.3, -0.25) is 4.79 Å². The molecule has 0 unspecified atom stereocenters. The predicted octanol–water partition coefficient (Wildman–Crippen LogP) is 2.54. The van der Waals surface area contributed by atoms with Crippen molar-refractivity contribution in [3.8, 4) is 11.5 Å². The number of aryl methyl sites for hydroxylation is 1. The molecule has 0 bridgehead atoms. The van der Waals surface area contributed by atoms with Crippen molar-refractivity contribution in [2.45, 2.75) is 6.18 Å². The van der Waals surface area contributed by atoms with Gasteiger partial charge in [-0.25, -0.2) is 19.9 Å². The van der Waals surface area contributed by atoms with Crippen LogP contribution in [0.2, 0.25) is 0 Å². The molecule has 0 aromatic carbocycles. The van der Waals surface area contributed by atoms with Crippen LogP contribution in [0.1, 0.15) is 16.2 Å². The molecule has 1 N–H and O–H groups in total. The van der Waals surface area contributed by atoms with Crippen LogP contribution in [0.15, 0.2) is 43.1 Å². The van der Waals surface area contributed by atoms with Gasteiger partial charge in [0.05, 0.1) is 24.4 Å². The number of imidazole rings is 1. The van der Waals surface area contributed by atoms with Gasteiger partial charge < -0.3 is 9.88 Å². The number of amides is 1. The van der Waals surface area contributed by atoms with E-state index in [4.69, 9.17) is 0 Å². The number of alkyl halides is 3. The number of halogens is 3. The molecule has 3 aromatic rings. The van der Waals surface area contributed by atoms with Crippen LogP contribution < -0.4 is 5.32 Å². The Kier molecular flexibility index (Phi) is 4.17. The number of nitrogens with one attached hydrogen (secondary N) is 1. The van der Waals surface area contributed by atoms with Gasteiger partial charge in [0.1, 0.15) is 17.1 Å². The Hall–Kier alpha value is -3.30. The van der Waals surface area contributed by atoms with Crippen molar-refractivity contribution in [1.82, 2.24) is 24.5 Å². The van der Waals surface area contributed by atoms with Gasteiger partial charge in [-0.1, -0.05) is 0 Å². The number of hydrogen-bond acceptors (Lipinski definition) is 5. The van der Waals surface area contributed by atoms with Crippen molar-refractivity contribution in [3.05, 3.63) is 54.5 Å². The predicted molar refractivity (Wildman–Crippen MR) is 81.4 cm³/mol. The van der Waals surface area contributed by atoms with Gasteiger partial charge in [-0.05, 0) is 18.2 Å². The number of carbonyl (C=O) groups excluding carboxylic acids is 1. The van der Waals surface area contributed by atoms with Crippen LogP contribution in [0.5, 0.6) is 0 Å². The summed E-state index contributed by atoms with van der Waals surface area (Å²) in [5, 5.41) is 2.44. The van der Waals surface area contributed by atoms with Crippen LogP contribution in [0.3, 0.4) is 0 Å². The number of hydrogen-bond donors (Lipinski definition) is 1. The molecule has 1 amide bonds. The monoisotopic (exact) mass is 348 g/mol. The highest BCUT2D eigenvalue weighted by atomic mass is 19.4. The lowest BCUT2D eigenvalue weighted by Gasteiger charge is -2.08.